The first kappa shape index (κ1) is 17.3. The lowest BCUT2D eigenvalue weighted by Crippen LogP contribution is -2.50. The van der Waals surface area contributed by atoms with Crippen molar-refractivity contribution in [3.63, 3.8) is 0 Å². The number of hydrogen-bond donors (Lipinski definition) is 1. The molecule has 0 saturated carbocycles. The predicted molar refractivity (Wildman–Crippen MR) is 101 cm³/mol. The van der Waals surface area contributed by atoms with Gasteiger partial charge in [0.05, 0.1) is 11.1 Å². The molecule has 0 unspecified atom stereocenters. The lowest BCUT2D eigenvalue weighted by molar-refractivity contribution is 0.0533. The van der Waals surface area contributed by atoms with Gasteiger partial charge in [0.1, 0.15) is 5.82 Å². The van der Waals surface area contributed by atoms with E-state index in [9.17, 15) is 14.0 Å². The molecular formula is C21H20FN3O2. The van der Waals surface area contributed by atoms with E-state index >= 15 is 0 Å². The fourth-order valence-electron chi connectivity index (χ4n) is 3.63. The van der Waals surface area contributed by atoms with E-state index in [0.29, 0.717) is 31.7 Å². The smallest absolute Gasteiger partial charge is 0.256 e. The molecule has 5 nitrogen and oxygen atoms in total. The Hall–Kier alpha value is -3.15. The van der Waals surface area contributed by atoms with Gasteiger partial charge in [-0.1, -0.05) is 30.3 Å². The number of aryl methyl sites for hydroxylation is 1. The predicted octanol–water partition coefficient (Wildman–Crippen LogP) is 3.21. The van der Waals surface area contributed by atoms with E-state index in [1.807, 2.05) is 31.2 Å². The second-order valence-corrected chi connectivity index (χ2v) is 6.73. The maximum absolute atomic E-state index is 13.9. The average Bonchev–Trinajstić information content (AvgIpc) is 3.03. The number of halogens is 1. The van der Waals surface area contributed by atoms with Crippen LogP contribution in [0.5, 0.6) is 0 Å². The van der Waals surface area contributed by atoms with Crippen molar-refractivity contribution < 1.29 is 14.0 Å². The number of nitrogens with one attached hydrogen (secondary N) is 1. The van der Waals surface area contributed by atoms with E-state index < -0.39 is 5.82 Å². The zero-order valence-corrected chi connectivity index (χ0v) is 15.0. The van der Waals surface area contributed by atoms with E-state index in [1.54, 1.807) is 21.9 Å². The van der Waals surface area contributed by atoms with Crippen LogP contribution in [0, 0.1) is 12.7 Å². The minimum Gasteiger partial charge on any atom is -0.358 e. The number of carbonyl (C=O) groups is 2. The normalized spacial score (nSPS) is 14.6. The van der Waals surface area contributed by atoms with Gasteiger partial charge in [-0.3, -0.25) is 9.59 Å². The van der Waals surface area contributed by atoms with Gasteiger partial charge in [0.2, 0.25) is 0 Å². The zero-order valence-electron chi connectivity index (χ0n) is 15.0. The van der Waals surface area contributed by atoms with E-state index in [1.165, 1.54) is 12.1 Å². The maximum Gasteiger partial charge on any atom is 0.256 e. The highest BCUT2D eigenvalue weighted by Crippen LogP contribution is 2.24. The summed E-state index contributed by atoms with van der Waals surface area (Å²) in [5.41, 5.74) is 2.53. The molecule has 0 bridgehead atoms. The van der Waals surface area contributed by atoms with E-state index in [-0.39, 0.29) is 17.4 Å². The van der Waals surface area contributed by atoms with Gasteiger partial charge in [-0.15, -0.1) is 0 Å². The molecule has 138 valence electrons. The molecule has 2 heterocycles. The number of para-hydroxylation sites is 1. The number of rotatable bonds is 2. The van der Waals surface area contributed by atoms with Crippen molar-refractivity contribution in [2.24, 2.45) is 0 Å². The molecule has 0 spiro atoms. The number of nitrogens with zero attached hydrogens (tertiary/aromatic N) is 2. The van der Waals surface area contributed by atoms with Crippen molar-refractivity contribution in [2.45, 2.75) is 6.92 Å². The molecule has 0 aliphatic carbocycles. The summed E-state index contributed by atoms with van der Waals surface area (Å²) >= 11 is 0. The van der Waals surface area contributed by atoms with Gasteiger partial charge in [-0.05, 0) is 25.1 Å². The monoisotopic (exact) mass is 365 g/mol. The van der Waals surface area contributed by atoms with Crippen LogP contribution in [-0.4, -0.2) is 52.8 Å². The van der Waals surface area contributed by atoms with Crippen molar-refractivity contribution in [1.82, 2.24) is 14.8 Å². The maximum atomic E-state index is 13.9. The molecule has 1 aliphatic rings. The molecule has 1 aliphatic heterocycles. The molecule has 1 aromatic heterocycles. The number of aromatic nitrogens is 1. The van der Waals surface area contributed by atoms with Crippen LogP contribution >= 0.6 is 0 Å². The molecule has 1 fully saturated rings. The summed E-state index contributed by atoms with van der Waals surface area (Å²) in [4.78, 5) is 32.2. The van der Waals surface area contributed by atoms with Gasteiger partial charge >= 0.3 is 0 Å². The summed E-state index contributed by atoms with van der Waals surface area (Å²) in [6.07, 6.45) is 0. The number of H-pyrrole nitrogens is 1. The molecule has 3 aromatic rings. The molecule has 0 atom stereocenters. The Labute approximate surface area is 156 Å². The SMILES string of the molecule is Cc1[nH]c2ccccc2c1C(=O)N1CCN(C(=O)c2ccccc2F)CC1. The zero-order chi connectivity index (χ0) is 19.0. The average molecular weight is 365 g/mol. The summed E-state index contributed by atoms with van der Waals surface area (Å²) in [5.74, 6) is -0.887. The van der Waals surface area contributed by atoms with Crippen LogP contribution in [0.1, 0.15) is 26.4 Å². The minimum atomic E-state index is -0.518. The van der Waals surface area contributed by atoms with Crippen molar-refractivity contribution in [3.8, 4) is 0 Å². The first-order valence-electron chi connectivity index (χ1n) is 8.96. The third kappa shape index (κ3) is 3.07. The largest absolute Gasteiger partial charge is 0.358 e. The highest BCUT2D eigenvalue weighted by molar-refractivity contribution is 6.08. The molecule has 2 aromatic carbocycles. The second kappa shape index (κ2) is 6.87. The Morgan fingerprint density at radius 1 is 0.889 bits per heavy atom. The fraction of sp³-hybridized carbons (Fsp3) is 0.238. The Balaban J connectivity index is 1.49. The topological polar surface area (TPSA) is 56.4 Å². The van der Waals surface area contributed by atoms with Crippen molar-refractivity contribution in [2.75, 3.05) is 26.2 Å². The molecule has 4 rings (SSSR count). The number of hydrogen-bond acceptors (Lipinski definition) is 2. The van der Waals surface area contributed by atoms with Gasteiger partial charge in [0, 0.05) is 42.8 Å². The molecule has 1 N–H and O–H groups in total. The van der Waals surface area contributed by atoms with Gasteiger partial charge < -0.3 is 14.8 Å². The third-order valence-corrected chi connectivity index (χ3v) is 5.07. The van der Waals surface area contributed by atoms with Crippen LogP contribution in [0.4, 0.5) is 4.39 Å². The summed E-state index contributed by atoms with van der Waals surface area (Å²) in [6.45, 7) is 3.53. The lowest BCUT2D eigenvalue weighted by Gasteiger charge is -2.35. The Morgan fingerprint density at radius 3 is 2.19 bits per heavy atom. The van der Waals surface area contributed by atoms with Gasteiger partial charge in [0.25, 0.3) is 11.8 Å². The summed E-state index contributed by atoms with van der Waals surface area (Å²) < 4.78 is 13.9. The summed E-state index contributed by atoms with van der Waals surface area (Å²) in [5, 5.41) is 0.907. The van der Waals surface area contributed by atoms with Crippen LogP contribution in [-0.2, 0) is 0 Å². The minimum absolute atomic E-state index is 0.0389. The molecule has 27 heavy (non-hydrogen) atoms. The Kier molecular flexibility index (Phi) is 4.39. The highest BCUT2D eigenvalue weighted by atomic mass is 19.1. The first-order chi connectivity index (χ1) is 13.1. The van der Waals surface area contributed by atoms with Crippen LogP contribution in [0.3, 0.4) is 0 Å². The van der Waals surface area contributed by atoms with Crippen LogP contribution < -0.4 is 0 Å². The second-order valence-electron chi connectivity index (χ2n) is 6.73. The van der Waals surface area contributed by atoms with Crippen LogP contribution in [0.25, 0.3) is 10.9 Å². The van der Waals surface area contributed by atoms with E-state index in [4.69, 9.17) is 0 Å². The quantitative estimate of drug-likeness (QED) is 0.758. The molecule has 0 radical (unpaired) electrons. The number of benzene rings is 2. The van der Waals surface area contributed by atoms with Crippen molar-refractivity contribution in [1.29, 1.82) is 0 Å². The summed E-state index contributed by atoms with van der Waals surface area (Å²) in [7, 11) is 0. The van der Waals surface area contributed by atoms with Crippen LogP contribution in [0.2, 0.25) is 0 Å². The summed E-state index contributed by atoms with van der Waals surface area (Å²) in [6, 6.07) is 13.7. The molecule has 1 saturated heterocycles. The fourth-order valence-corrected chi connectivity index (χ4v) is 3.63. The van der Waals surface area contributed by atoms with Crippen LogP contribution in [0.15, 0.2) is 48.5 Å². The lowest BCUT2D eigenvalue weighted by atomic mass is 10.1. The molecule has 2 amide bonds. The standard InChI is InChI=1S/C21H20FN3O2/c1-14-19(16-7-3-5-9-18(16)23-14)21(27)25-12-10-24(11-13-25)20(26)15-6-2-4-8-17(15)22/h2-9,23H,10-13H2,1H3. The van der Waals surface area contributed by atoms with Crippen molar-refractivity contribution >= 4 is 22.7 Å². The molecule has 6 heteroatoms. The third-order valence-electron chi connectivity index (χ3n) is 5.07. The van der Waals surface area contributed by atoms with Gasteiger partial charge in [0.15, 0.2) is 0 Å². The van der Waals surface area contributed by atoms with E-state index in [0.717, 1.165) is 16.6 Å². The number of carbonyl (C=O) groups excluding carboxylic acids is 2. The Morgan fingerprint density at radius 2 is 1.48 bits per heavy atom. The van der Waals surface area contributed by atoms with Gasteiger partial charge in [-0.25, -0.2) is 4.39 Å². The highest BCUT2D eigenvalue weighted by Gasteiger charge is 2.28. The van der Waals surface area contributed by atoms with Gasteiger partial charge in [-0.2, -0.15) is 0 Å². The number of piperazine rings is 1. The number of fused-ring (bicyclic) bond motifs is 1. The Bertz CT molecular complexity index is 1020. The van der Waals surface area contributed by atoms with Crippen molar-refractivity contribution in [3.05, 3.63) is 71.2 Å². The first-order valence-corrected chi connectivity index (χ1v) is 8.96. The number of amides is 2. The van der Waals surface area contributed by atoms with E-state index in [2.05, 4.69) is 4.98 Å². The molecular weight excluding hydrogens is 345 g/mol. The number of aromatic amines is 1.